The molecule has 0 saturated carbocycles. The van der Waals surface area contributed by atoms with Crippen LogP contribution in [0.25, 0.3) is 0 Å². The van der Waals surface area contributed by atoms with E-state index >= 15 is 0 Å². The molecule has 0 bridgehead atoms. The highest BCUT2D eigenvalue weighted by Gasteiger charge is 2.18. The largest absolute Gasteiger partial charge is 0.395 e. The van der Waals surface area contributed by atoms with Crippen LogP contribution in [-0.4, -0.2) is 66.7 Å². The number of aliphatic hydroxyl groups excluding tert-OH is 1. The zero-order chi connectivity index (χ0) is 15.2. The fourth-order valence-corrected chi connectivity index (χ4v) is 2.34. The van der Waals surface area contributed by atoms with Crippen LogP contribution >= 0.6 is 0 Å². The van der Waals surface area contributed by atoms with Crippen LogP contribution in [0.5, 0.6) is 0 Å². The van der Waals surface area contributed by atoms with Gasteiger partial charge in [-0.15, -0.1) is 0 Å². The molecule has 0 aliphatic carbocycles. The molecule has 0 spiro atoms. The van der Waals surface area contributed by atoms with Crippen molar-refractivity contribution in [3.8, 4) is 0 Å². The number of carbonyl (C=O) groups excluding carboxylic acids is 1. The minimum Gasteiger partial charge on any atom is -0.395 e. The number of nitrogens with zero attached hydrogens (tertiary/aromatic N) is 2. The molecule has 7 heteroatoms. The van der Waals surface area contributed by atoms with Crippen molar-refractivity contribution in [2.75, 3.05) is 51.2 Å². The van der Waals surface area contributed by atoms with Crippen molar-refractivity contribution in [1.29, 1.82) is 0 Å². The van der Waals surface area contributed by atoms with Crippen molar-refractivity contribution in [3.63, 3.8) is 0 Å². The molecule has 21 heavy (non-hydrogen) atoms. The van der Waals surface area contributed by atoms with E-state index in [0.29, 0.717) is 6.54 Å². The van der Waals surface area contributed by atoms with E-state index in [9.17, 15) is 13.6 Å². The lowest BCUT2D eigenvalue weighted by Gasteiger charge is -2.33. The van der Waals surface area contributed by atoms with Gasteiger partial charge in [-0.05, 0) is 12.1 Å². The second-order valence-electron chi connectivity index (χ2n) is 5.05. The Bertz CT molecular complexity index is 471. The predicted molar refractivity (Wildman–Crippen MR) is 75.0 cm³/mol. The highest BCUT2D eigenvalue weighted by molar-refractivity contribution is 5.92. The molecular formula is C14H19F2N3O2. The molecule has 5 nitrogen and oxygen atoms in total. The molecule has 0 radical (unpaired) electrons. The molecule has 1 amide bonds. The molecule has 0 unspecified atom stereocenters. The minimum absolute atomic E-state index is 0.122. The molecule has 1 saturated heterocycles. The summed E-state index contributed by atoms with van der Waals surface area (Å²) in [4.78, 5) is 16.0. The number of carbonyl (C=O) groups is 1. The summed E-state index contributed by atoms with van der Waals surface area (Å²) in [5.41, 5.74) is 0.122. The van der Waals surface area contributed by atoms with Crippen LogP contribution in [0, 0.1) is 11.6 Å². The van der Waals surface area contributed by atoms with E-state index in [1.807, 2.05) is 4.90 Å². The molecule has 0 aromatic heterocycles. The predicted octanol–water partition coefficient (Wildman–Crippen LogP) is 0.513. The lowest BCUT2D eigenvalue weighted by molar-refractivity contribution is -0.117. The fourth-order valence-electron chi connectivity index (χ4n) is 2.34. The summed E-state index contributed by atoms with van der Waals surface area (Å²) in [6.07, 6.45) is 0. The Morgan fingerprint density at radius 2 is 1.67 bits per heavy atom. The zero-order valence-corrected chi connectivity index (χ0v) is 11.7. The van der Waals surface area contributed by atoms with Gasteiger partial charge in [0.15, 0.2) is 0 Å². The topological polar surface area (TPSA) is 55.8 Å². The highest BCUT2D eigenvalue weighted by atomic mass is 19.1. The maximum absolute atomic E-state index is 13.0. The maximum Gasteiger partial charge on any atom is 0.238 e. The molecule has 1 aliphatic rings. The Morgan fingerprint density at radius 3 is 2.24 bits per heavy atom. The summed E-state index contributed by atoms with van der Waals surface area (Å²) >= 11 is 0. The van der Waals surface area contributed by atoms with E-state index in [1.165, 1.54) is 0 Å². The third kappa shape index (κ3) is 5.04. The van der Waals surface area contributed by atoms with Crippen molar-refractivity contribution in [2.24, 2.45) is 0 Å². The SMILES string of the molecule is O=C(CN1CCN(CCO)CC1)Nc1cc(F)cc(F)c1. The molecule has 1 aliphatic heterocycles. The number of nitrogens with one attached hydrogen (secondary N) is 1. The Balaban J connectivity index is 1.80. The van der Waals surface area contributed by atoms with Gasteiger partial charge >= 0.3 is 0 Å². The van der Waals surface area contributed by atoms with Gasteiger partial charge in [-0.25, -0.2) is 8.78 Å². The molecule has 1 fully saturated rings. The highest BCUT2D eigenvalue weighted by Crippen LogP contribution is 2.13. The zero-order valence-electron chi connectivity index (χ0n) is 11.7. The number of anilines is 1. The summed E-state index contributed by atoms with van der Waals surface area (Å²) in [5.74, 6) is -1.73. The number of piperazine rings is 1. The Morgan fingerprint density at radius 1 is 1.10 bits per heavy atom. The molecule has 1 aromatic carbocycles. The monoisotopic (exact) mass is 299 g/mol. The first-order valence-corrected chi connectivity index (χ1v) is 6.88. The van der Waals surface area contributed by atoms with Crippen molar-refractivity contribution in [3.05, 3.63) is 29.8 Å². The van der Waals surface area contributed by atoms with Crippen LogP contribution in [0.4, 0.5) is 14.5 Å². The summed E-state index contributed by atoms with van der Waals surface area (Å²) in [6.45, 7) is 4.00. The summed E-state index contributed by atoms with van der Waals surface area (Å²) in [7, 11) is 0. The average molecular weight is 299 g/mol. The first-order chi connectivity index (χ1) is 10.1. The average Bonchev–Trinajstić information content (AvgIpc) is 2.40. The molecule has 2 N–H and O–H groups in total. The first kappa shape index (κ1) is 15.8. The maximum atomic E-state index is 13.0. The van der Waals surface area contributed by atoms with Crippen LogP contribution < -0.4 is 5.32 Å². The van der Waals surface area contributed by atoms with E-state index in [4.69, 9.17) is 5.11 Å². The number of aliphatic hydroxyl groups is 1. The van der Waals surface area contributed by atoms with Crippen molar-refractivity contribution in [1.82, 2.24) is 9.80 Å². The summed E-state index contributed by atoms with van der Waals surface area (Å²) < 4.78 is 26.0. The molecule has 1 heterocycles. The normalized spacial score (nSPS) is 16.9. The Kier molecular flexibility index (Phi) is 5.60. The van der Waals surface area contributed by atoms with Crippen LogP contribution in [0.15, 0.2) is 18.2 Å². The number of β-amino-alcohol motifs (C(OH)–C–C–N with tert-alkyl or cyclic N) is 1. The molecule has 2 rings (SSSR count). The third-order valence-electron chi connectivity index (χ3n) is 3.39. The van der Waals surface area contributed by atoms with Gasteiger partial charge in [0.25, 0.3) is 0 Å². The fraction of sp³-hybridized carbons (Fsp3) is 0.500. The number of benzene rings is 1. The molecule has 116 valence electrons. The summed E-state index contributed by atoms with van der Waals surface area (Å²) in [6, 6.07) is 2.93. The number of hydrogen-bond donors (Lipinski definition) is 2. The molecular weight excluding hydrogens is 280 g/mol. The molecule has 0 atom stereocenters. The van der Waals surface area contributed by atoms with E-state index < -0.39 is 11.6 Å². The van der Waals surface area contributed by atoms with Crippen molar-refractivity contribution >= 4 is 11.6 Å². The van der Waals surface area contributed by atoms with Crippen molar-refractivity contribution in [2.45, 2.75) is 0 Å². The van der Waals surface area contributed by atoms with Gasteiger partial charge in [0.2, 0.25) is 5.91 Å². The quantitative estimate of drug-likeness (QED) is 0.832. The van der Waals surface area contributed by atoms with E-state index in [2.05, 4.69) is 10.2 Å². The lowest BCUT2D eigenvalue weighted by Crippen LogP contribution is -2.49. The third-order valence-corrected chi connectivity index (χ3v) is 3.39. The Hall–Kier alpha value is -1.57. The van der Waals surface area contributed by atoms with Crippen molar-refractivity contribution < 1.29 is 18.7 Å². The minimum atomic E-state index is -0.720. The van der Waals surface area contributed by atoms with Crippen LogP contribution in [0.2, 0.25) is 0 Å². The Labute approximate surface area is 122 Å². The number of hydrogen-bond acceptors (Lipinski definition) is 4. The van der Waals surface area contributed by atoms with E-state index in [1.54, 1.807) is 0 Å². The van der Waals surface area contributed by atoms with Crippen LogP contribution in [0.3, 0.4) is 0 Å². The second-order valence-corrected chi connectivity index (χ2v) is 5.05. The van der Waals surface area contributed by atoms with Gasteiger partial charge in [0.05, 0.1) is 13.2 Å². The van der Waals surface area contributed by atoms with Gasteiger partial charge in [-0.1, -0.05) is 0 Å². The first-order valence-electron chi connectivity index (χ1n) is 6.88. The van der Waals surface area contributed by atoms with Gasteiger partial charge in [-0.3, -0.25) is 14.6 Å². The van der Waals surface area contributed by atoms with Gasteiger partial charge in [0, 0.05) is 44.5 Å². The smallest absolute Gasteiger partial charge is 0.238 e. The number of amides is 1. The number of rotatable bonds is 5. The lowest BCUT2D eigenvalue weighted by atomic mass is 10.3. The van der Waals surface area contributed by atoms with Gasteiger partial charge in [-0.2, -0.15) is 0 Å². The molecule has 1 aromatic rings. The van der Waals surface area contributed by atoms with Crippen LogP contribution in [-0.2, 0) is 4.79 Å². The second kappa shape index (κ2) is 7.44. The standard InChI is InChI=1S/C14H19F2N3O2/c15-11-7-12(16)9-13(8-11)17-14(21)10-19-3-1-18(2-4-19)5-6-20/h7-9,20H,1-6,10H2,(H,17,21). The summed E-state index contributed by atoms with van der Waals surface area (Å²) in [5, 5.41) is 11.4. The number of halogens is 2. The van der Waals surface area contributed by atoms with Crippen LogP contribution in [0.1, 0.15) is 0 Å². The van der Waals surface area contributed by atoms with E-state index in [-0.39, 0.29) is 24.7 Å². The van der Waals surface area contributed by atoms with E-state index in [0.717, 1.165) is 44.4 Å². The van der Waals surface area contributed by atoms with Gasteiger partial charge in [0.1, 0.15) is 11.6 Å². The van der Waals surface area contributed by atoms with Gasteiger partial charge < -0.3 is 10.4 Å².